The molecule has 1 aliphatic heterocycles. The number of hydrogen-bond donors (Lipinski definition) is 0. The predicted molar refractivity (Wildman–Crippen MR) is 41.7 cm³/mol. The molecule has 0 saturated carbocycles. The molecular weight excluding hydrogens is 146 g/mol. The SMILES string of the molecule is C1=COc2ccsc2C=N1. The van der Waals surface area contributed by atoms with Gasteiger partial charge in [0.05, 0.1) is 11.1 Å². The van der Waals surface area contributed by atoms with Gasteiger partial charge in [-0.15, -0.1) is 11.3 Å². The Labute approximate surface area is 62.5 Å². The summed E-state index contributed by atoms with van der Waals surface area (Å²) >= 11 is 1.62. The minimum atomic E-state index is 0.891. The molecule has 0 amide bonds. The van der Waals surface area contributed by atoms with Crippen molar-refractivity contribution in [3.05, 3.63) is 28.8 Å². The van der Waals surface area contributed by atoms with Crippen molar-refractivity contribution in [2.45, 2.75) is 0 Å². The van der Waals surface area contributed by atoms with Crippen LogP contribution in [0.15, 0.2) is 28.9 Å². The Morgan fingerprint density at radius 2 is 2.50 bits per heavy atom. The molecule has 10 heavy (non-hydrogen) atoms. The van der Waals surface area contributed by atoms with E-state index in [1.165, 1.54) is 0 Å². The molecule has 1 aliphatic rings. The second kappa shape index (κ2) is 2.27. The molecule has 0 radical (unpaired) electrons. The summed E-state index contributed by atoms with van der Waals surface area (Å²) in [5, 5.41) is 1.98. The van der Waals surface area contributed by atoms with Crippen molar-refractivity contribution in [3.8, 4) is 5.75 Å². The lowest BCUT2D eigenvalue weighted by Gasteiger charge is -1.92. The van der Waals surface area contributed by atoms with E-state index in [-0.39, 0.29) is 0 Å². The van der Waals surface area contributed by atoms with E-state index >= 15 is 0 Å². The Bertz CT molecular complexity index is 288. The van der Waals surface area contributed by atoms with E-state index < -0.39 is 0 Å². The average Bonchev–Trinajstić information content (AvgIpc) is 2.28. The van der Waals surface area contributed by atoms with Crippen molar-refractivity contribution >= 4 is 17.6 Å². The maximum Gasteiger partial charge on any atom is 0.146 e. The Kier molecular flexibility index (Phi) is 1.29. The molecule has 0 unspecified atom stereocenters. The lowest BCUT2D eigenvalue weighted by molar-refractivity contribution is 0.483. The molecule has 0 saturated heterocycles. The molecule has 0 aromatic carbocycles. The molecule has 0 aliphatic carbocycles. The number of fused-ring (bicyclic) bond motifs is 1. The van der Waals surface area contributed by atoms with Gasteiger partial charge in [-0.2, -0.15) is 0 Å². The van der Waals surface area contributed by atoms with Gasteiger partial charge in [0, 0.05) is 6.21 Å². The Balaban J connectivity index is 2.50. The zero-order valence-corrected chi connectivity index (χ0v) is 5.97. The van der Waals surface area contributed by atoms with Gasteiger partial charge in [0.25, 0.3) is 0 Å². The third-order valence-electron chi connectivity index (χ3n) is 1.19. The standard InChI is InChI=1S/C7H5NOS/c1-4-10-7-5-8-2-3-9-6(1)7/h1-5H. The van der Waals surface area contributed by atoms with E-state index in [2.05, 4.69) is 4.99 Å². The van der Waals surface area contributed by atoms with E-state index in [1.54, 1.807) is 30.0 Å². The topological polar surface area (TPSA) is 21.6 Å². The Morgan fingerprint density at radius 3 is 3.50 bits per heavy atom. The summed E-state index contributed by atoms with van der Waals surface area (Å²) < 4.78 is 5.19. The lowest BCUT2D eigenvalue weighted by Crippen LogP contribution is -1.79. The number of thiophene rings is 1. The first kappa shape index (κ1) is 5.68. The zero-order chi connectivity index (χ0) is 6.81. The zero-order valence-electron chi connectivity index (χ0n) is 5.15. The largest absolute Gasteiger partial charge is 0.462 e. The lowest BCUT2D eigenvalue weighted by atomic mass is 10.4. The van der Waals surface area contributed by atoms with Crippen LogP contribution in [0.2, 0.25) is 0 Å². The summed E-state index contributed by atoms with van der Waals surface area (Å²) in [5.41, 5.74) is 0. The van der Waals surface area contributed by atoms with Crippen LogP contribution in [0.5, 0.6) is 5.75 Å². The van der Waals surface area contributed by atoms with Gasteiger partial charge in [-0.3, -0.25) is 4.99 Å². The number of aliphatic imine (C=N–C) groups is 1. The molecular formula is C7H5NOS. The van der Waals surface area contributed by atoms with E-state index in [4.69, 9.17) is 4.74 Å². The highest BCUT2D eigenvalue weighted by Crippen LogP contribution is 2.23. The summed E-state index contributed by atoms with van der Waals surface area (Å²) in [7, 11) is 0. The Morgan fingerprint density at radius 1 is 1.50 bits per heavy atom. The van der Waals surface area contributed by atoms with Crippen molar-refractivity contribution in [2.75, 3.05) is 0 Å². The minimum absolute atomic E-state index is 0.891. The van der Waals surface area contributed by atoms with Gasteiger partial charge in [0.1, 0.15) is 12.0 Å². The number of hydrogen-bond acceptors (Lipinski definition) is 3. The monoisotopic (exact) mass is 151 g/mol. The average molecular weight is 151 g/mol. The third-order valence-corrected chi connectivity index (χ3v) is 2.02. The maximum absolute atomic E-state index is 5.19. The van der Waals surface area contributed by atoms with Gasteiger partial charge >= 0.3 is 0 Å². The van der Waals surface area contributed by atoms with Gasteiger partial charge in [-0.25, -0.2) is 0 Å². The highest BCUT2D eigenvalue weighted by molar-refractivity contribution is 7.12. The van der Waals surface area contributed by atoms with Crippen LogP contribution in [0.25, 0.3) is 0 Å². The molecule has 2 rings (SSSR count). The summed E-state index contributed by atoms with van der Waals surface area (Å²) in [6.45, 7) is 0. The van der Waals surface area contributed by atoms with Crippen LogP contribution >= 0.6 is 11.3 Å². The first-order valence-electron chi connectivity index (χ1n) is 2.89. The molecule has 2 nitrogen and oxygen atoms in total. The van der Waals surface area contributed by atoms with Crippen molar-refractivity contribution in [3.63, 3.8) is 0 Å². The maximum atomic E-state index is 5.19. The smallest absolute Gasteiger partial charge is 0.146 e. The molecule has 1 aromatic rings. The molecule has 0 N–H and O–H groups in total. The number of nitrogens with zero attached hydrogens (tertiary/aromatic N) is 1. The van der Waals surface area contributed by atoms with Crippen molar-refractivity contribution < 1.29 is 4.74 Å². The van der Waals surface area contributed by atoms with Crippen LogP contribution in [0, 0.1) is 0 Å². The van der Waals surface area contributed by atoms with E-state index in [0.717, 1.165) is 10.6 Å². The van der Waals surface area contributed by atoms with Crippen LogP contribution in [-0.2, 0) is 0 Å². The summed E-state index contributed by atoms with van der Waals surface area (Å²) in [4.78, 5) is 5.04. The molecule has 3 heteroatoms. The molecule has 1 aromatic heterocycles. The second-order valence-corrected chi connectivity index (χ2v) is 2.78. The second-order valence-electron chi connectivity index (χ2n) is 1.83. The number of ether oxygens (including phenoxy) is 1. The molecule has 0 bridgehead atoms. The van der Waals surface area contributed by atoms with Gasteiger partial charge in [0.2, 0.25) is 0 Å². The van der Waals surface area contributed by atoms with Gasteiger partial charge < -0.3 is 4.74 Å². The van der Waals surface area contributed by atoms with Crippen LogP contribution in [0.1, 0.15) is 4.88 Å². The summed E-state index contributed by atoms with van der Waals surface area (Å²) in [6.07, 6.45) is 5.01. The molecule has 0 atom stereocenters. The Hall–Kier alpha value is -1.09. The normalized spacial score (nSPS) is 14.0. The van der Waals surface area contributed by atoms with Crippen LogP contribution in [0.3, 0.4) is 0 Å². The molecule has 0 spiro atoms. The van der Waals surface area contributed by atoms with E-state index in [0.29, 0.717) is 0 Å². The molecule has 0 fully saturated rings. The van der Waals surface area contributed by atoms with Gasteiger partial charge in [-0.05, 0) is 11.4 Å². The van der Waals surface area contributed by atoms with E-state index in [9.17, 15) is 0 Å². The van der Waals surface area contributed by atoms with Crippen LogP contribution in [0.4, 0.5) is 0 Å². The van der Waals surface area contributed by atoms with Crippen molar-refractivity contribution in [1.82, 2.24) is 0 Å². The minimum Gasteiger partial charge on any atom is -0.462 e. The highest BCUT2D eigenvalue weighted by Gasteiger charge is 2.01. The highest BCUT2D eigenvalue weighted by atomic mass is 32.1. The summed E-state index contributed by atoms with van der Waals surface area (Å²) in [5.74, 6) is 0.891. The van der Waals surface area contributed by atoms with Crippen molar-refractivity contribution in [1.29, 1.82) is 0 Å². The fourth-order valence-corrected chi connectivity index (χ4v) is 1.44. The van der Waals surface area contributed by atoms with Crippen LogP contribution < -0.4 is 4.74 Å². The summed E-state index contributed by atoms with van der Waals surface area (Å²) in [6, 6.07) is 1.93. The first-order valence-corrected chi connectivity index (χ1v) is 3.77. The fraction of sp³-hybridized carbons (Fsp3) is 0. The van der Waals surface area contributed by atoms with Gasteiger partial charge in [-0.1, -0.05) is 0 Å². The van der Waals surface area contributed by atoms with Crippen molar-refractivity contribution in [2.24, 2.45) is 4.99 Å². The first-order chi connectivity index (χ1) is 4.97. The van der Waals surface area contributed by atoms with Crippen LogP contribution in [-0.4, -0.2) is 6.21 Å². The quantitative estimate of drug-likeness (QED) is 0.556. The van der Waals surface area contributed by atoms with Gasteiger partial charge in [0.15, 0.2) is 0 Å². The fourth-order valence-electron chi connectivity index (χ4n) is 0.750. The third kappa shape index (κ3) is 0.844. The number of rotatable bonds is 0. The molecule has 50 valence electrons. The molecule has 2 heterocycles. The predicted octanol–water partition coefficient (Wildman–Crippen LogP) is 2.03. The van der Waals surface area contributed by atoms with E-state index in [1.807, 2.05) is 11.4 Å².